The molecule has 0 spiro atoms. The van der Waals surface area contributed by atoms with Gasteiger partial charge in [0.05, 0.1) is 7.14 Å². The maximum absolute atomic E-state index is 6.02. The predicted molar refractivity (Wildman–Crippen MR) is 90.6 cm³/mol. The van der Waals surface area contributed by atoms with E-state index in [0.29, 0.717) is 0 Å². The zero-order valence-corrected chi connectivity index (χ0v) is 15.1. The van der Waals surface area contributed by atoms with Crippen molar-refractivity contribution >= 4 is 45.2 Å². The minimum atomic E-state index is 1.11. The van der Waals surface area contributed by atoms with Gasteiger partial charge in [-0.25, -0.2) is 0 Å². The molecule has 1 aromatic rings. The standard InChI is InChI=1S/C14H22I2O/c1-3-5-7-9-11-13(15)14(16)12(17-11)10-8-6-4-2/h3-10H2,1-2H3. The van der Waals surface area contributed by atoms with Crippen LogP contribution in [-0.2, 0) is 12.8 Å². The first-order valence-corrected chi connectivity index (χ1v) is 8.82. The van der Waals surface area contributed by atoms with Crippen molar-refractivity contribution in [1.29, 1.82) is 0 Å². The molecule has 0 aliphatic heterocycles. The minimum absolute atomic E-state index is 1.11. The van der Waals surface area contributed by atoms with Crippen molar-refractivity contribution in [3.05, 3.63) is 18.7 Å². The summed E-state index contributed by atoms with van der Waals surface area (Å²) >= 11 is 4.87. The van der Waals surface area contributed by atoms with Crippen LogP contribution in [-0.4, -0.2) is 0 Å². The van der Waals surface area contributed by atoms with Crippen molar-refractivity contribution in [2.24, 2.45) is 0 Å². The van der Waals surface area contributed by atoms with E-state index in [1.807, 2.05) is 0 Å². The first-order valence-electron chi connectivity index (χ1n) is 6.66. The van der Waals surface area contributed by atoms with Crippen LogP contribution in [0.1, 0.15) is 63.9 Å². The Hall–Kier alpha value is 0.740. The van der Waals surface area contributed by atoms with Crippen LogP contribution >= 0.6 is 45.2 Å². The van der Waals surface area contributed by atoms with Crippen LogP contribution < -0.4 is 0 Å². The highest BCUT2D eigenvalue weighted by molar-refractivity contribution is 14.1. The van der Waals surface area contributed by atoms with Crippen LogP contribution in [0.3, 0.4) is 0 Å². The lowest BCUT2D eigenvalue weighted by Gasteiger charge is -1.98. The van der Waals surface area contributed by atoms with Gasteiger partial charge in [0.2, 0.25) is 0 Å². The first-order chi connectivity index (χ1) is 8.20. The van der Waals surface area contributed by atoms with Crippen LogP contribution in [0, 0.1) is 7.14 Å². The van der Waals surface area contributed by atoms with Gasteiger partial charge in [0.15, 0.2) is 0 Å². The second-order valence-electron chi connectivity index (χ2n) is 4.49. The highest BCUT2D eigenvalue weighted by Gasteiger charge is 2.15. The number of unbranched alkanes of at least 4 members (excludes halogenated alkanes) is 4. The van der Waals surface area contributed by atoms with Crippen molar-refractivity contribution in [1.82, 2.24) is 0 Å². The number of aryl methyl sites for hydroxylation is 2. The lowest BCUT2D eigenvalue weighted by molar-refractivity contribution is 0.446. The molecule has 1 aromatic heterocycles. The summed E-state index contributed by atoms with van der Waals surface area (Å²) in [5.74, 6) is 2.44. The minimum Gasteiger partial charge on any atom is -0.464 e. The molecule has 0 amide bonds. The van der Waals surface area contributed by atoms with E-state index >= 15 is 0 Å². The van der Waals surface area contributed by atoms with Crippen molar-refractivity contribution in [3.8, 4) is 0 Å². The quantitative estimate of drug-likeness (QED) is 0.345. The van der Waals surface area contributed by atoms with E-state index in [1.54, 1.807) is 0 Å². The summed E-state index contributed by atoms with van der Waals surface area (Å²) in [5.41, 5.74) is 0. The average molecular weight is 460 g/mol. The maximum Gasteiger partial charge on any atom is 0.118 e. The summed E-state index contributed by atoms with van der Waals surface area (Å²) < 4.78 is 8.73. The largest absolute Gasteiger partial charge is 0.464 e. The Bertz CT molecular complexity index is 301. The molecule has 0 radical (unpaired) electrons. The molecule has 1 heterocycles. The average Bonchev–Trinajstić information content (AvgIpc) is 2.59. The molecule has 0 aliphatic rings. The number of hydrogen-bond donors (Lipinski definition) is 0. The Labute approximate surface area is 132 Å². The molecule has 17 heavy (non-hydrogen) atoms. The van der Waals surface area contributed by atoms with Gasteiger partial charge in [-0.3, -0.25) is 0 Å². The smallest absolute Gasteiger partial charge is 0.118 e. The van der Waals surface area contributed by atoms with Gasteiger partial charge in [-0.15, -0.1) is 0 Å². The molecule has 0 saturated carbocycles. The Balaban J connectivity index is 2.57. The Morgan fingerprint density at radius 2 is 1.18 bits per heavy atom. The molecule has 0 unspecified atom stereocenters. The fraction of sp³-hybridized carbons (Fsp3) is 0.714. The van der Waals surface area contributed by atoms with Gasteiger partial charge in [0.25, 0.3) is 0 Å². The third-order valence-corrected chi connectivity index (χ3v) is 6.26. The Kier molecular flexibility index (Phi) is 8.15. The van der Waals surface area contributed by atoms with E-state index in [2.05, 4.69) is 59.0 Å². The van der Waals surface area contributed by atoms with Crippen LogP contribution in [0.4, 0.5) is 0 Å². The van der Waals surface area contributed by atoms with Crippen LogP contribution in [0.25, 0.3) is 0 Å². The lowest BCUT2D eigenvalue weighted by atomic mass is 10.1. The molecule has 0 saturated heterocycles. The lowest BCUT2D eigenvalue weighted by Crippen LogP contribution is -1.85. The molecule has 0 N–H and O–H groups in total. The van der Waals surface area contributed by atoms with Gasteiger partial charge >= 0.3 is 0 Å². The highest BCUT2D eigenvalue weighted by Crippen LogP contribution is 2.28. The summed E-state index contributed by atoms with van der Waals surface area (Å²) in [6.45, 7) is 4.49. The van der Waals surface area contributed by atoms with Crippen molar-refractivity contribution in [3.63, 3.8) is 0 Å². The normalized spacial score (nSPS) is 11.1. The maximum atomic E-state index is 6.02. The third-order valence-electron chi connectivity index (χ3n) is 2.94. The van der Waals surface area contributed by atoms with Crippen LogP contribution in [0.15, 0.2) is 4.42 Å². The van der Waals surface area contributed by atoms with Crippen molar-refractivity contribution < 1.29 is 4.42 Å². The van der Waals surface area contributed by atoms with E-state index in [9.17, 15) is 0 Å². The van der Waals surface area contributed by atoms with E-state index in [-0.39, 0.29) is 0 Å². The molecule has 98 valence electrons. The number of furan rings is 1. The molecule has 1 nitrogen and oxygen atoms in total. The van der Waals surface area contributed by atoms with E-state index in [4.69, 9.17) is 4.42 Å². The van der Waals surface area contributed by atoms with Gasteiger partial charge in [0.1, 0.15) is 11.5 Å². The van der Waals surface area contributed by atoms with E-state index in [0.717, 1.165) is 12.8 Å². The second kappa shape index (κ2) is 8.77. The van der Waals surface area contributed by atoms with Crippen LogP contribution in [0.2, 0.25) is 0 Å². The molecular weight excluding hydrogens is 438 g/mol. The third kappa shape index (κ3) is 5.09. The van der Waals surface area contributed by atoms with Crippen molar-refractivity contribution in [2.45, 2.75) is 65.2 Å². The zero-order valence-electron chi connectivity index (χ0n) is 10.8. The molecule has 0 aliphatic carbocycles. The number of halogens is 2. The molecule has 3 heteroatoms. The monoisotopic (exact) mass is 460 g/mol. The van der Waals surface area contributed by atoms with Crippen molar-refractivity contribution in [2.75, 3.05) is 0 Å². The van der Waals surface area contributed by atoms with Gasteiger partial charge in [-0.2, -0.15) is 0 Å². The Morgan fingerprint density at radius 3 is 1.53 bits per heavy atom. The van der Waals surface area contributed by atoms with Gasteiger partial charge in [-0.05, 0) is 58.0 Å². The summed E-state index contributed by atoms with van der Waals surface area (Å²) in [4.78, 5) is 0. The molecular formula is C14H22I2O. The number of rotatable bonds is 8. The summed E-state index contributed by atoms with van der Waals surface area (Å²) in [6.07, 6.45) is 9.88. The molecule has 0 aromatic carbocycles. The first kappa shape index (κ1) is 15.8. The topological polar surface area (TPSA) is 13.1 Å². The molecule has 0 atom stereocenters. The summed E-state index contributed by atoms with van der Waals surface area (Å²) in [6, 6.07) is 0. The van der Waals surface area contributed by atoms with Gasteiger partial charge < -0.3 is 4.42 Å². The van der Waals surface area contributed by atoms with Gasteiger partial charge in [-0.1, -0.05) is 39.5 Å². The highest BCUT2D eigenvalue weighted by atomic mass is 127. The predicted octanol–water partition coefficient (Wildman–Crippen LogP) is 5.95. The zero-order chi connectivity index (χ0) is 12.7. The fourth-order valence-corrected chi connectivity index (χ4v) is 3.24. The second-order valence-corrected chi connectivity index (χ2v) is 6.65. The van der Waals surface area contributed by atoms with E-state index in [1.165, 1.54) is 57.2 Å². The summed E-state index contributed by atoms with van der Waals surface area (Å²) in [5, 5.41) is 0. The summed E-state index contributed by atoms with van der Waals surface area (Å²) in [7, 11) is 0. The van der Waals surface area contributed by atoms with Crippen LogP contribution in [0.5, 0.6) is 0 Å². The Morgan fingerprint density at radius 1 is 0.765 bits per heavy atom. The molecule has 0 fully saturated rings. The molecule has 1 rings (SSSR count). The SMILES string of the molecule is CCCCCc1oc(CCCCC)c(I)c1I. The number of hydrogen-bond acceptors (Lipinski definition) is 1. The molecule has 0 bridgehead atoms. The van der Waals surface area contributed by atoms with E-state index < -0.39 is 0 Å². The fourth-order valence-electron chi connectivity index (χ4n) is 1.88. The van der Waals surface area contributed by atoms with Gasteiger partial charge in [0, 0.05) is 12.8 Å².